The third-order valence-corrected chi connectivity index (χ3v) is 4.59. The van der Waals surface area contributed by atoms with Crippen molar-refractivity contribution in [2.45, 2.75) is 57.5 Å². The van der Waals surface area contributed by atoms with E-state index in [2.05, 4.69) is 29.1 Å². The Balaban J connectivity index is 1.59. The fraction of sp³-hybridized carbons (Fsp3) is 1.00. The summed E-state index contributed by atoms with van der Waals surface area (Å²) in [7, 11) is 2.25. The third-order valence-electron chi connectivity index (χ3n) is 4.59. The Bertz CT molecular complexity index is 226. The van der Waals surface area contributed by atoms with Gasteiger partial charge in [0.05, 0.1) is 0 Å². The molecule has 0 amide bonds. The van der Waals surface area contributed by atoms with Crippen LogP contribution in [-0.4, -0.2) is 61.7 Å². The summed E-state index contributed by atoms with van der Waals surface area (Å²) in [6, 6.07) is 1.56. The van der Waals surface area contributed by atoms with Crippen molar-refractivity contribution >= 4 is 0 Å². The Labute approximate surface area is 113 Å². The van der Waals surface area contributed by atoms with Crippen LogP contribution in [0, 0.1) is 0 Å². The molecule has 2 rings (SSSR count). The van der Waals surface area contributed by atoms with Crippen molar-refractivity contribution in [3.05, 3.63) is 0 Å². The predicted molar refractivity (Wildman–Crippen MR) is 78.0 cm³/mol. The Hall–Kier alpha value is -0.120. The van der Waals surface area contributed by atoms with Gasteiger partial charge in [-0.25, -0.2) is 0 Å². The molecule has 2 aliphatic rings. The Morgan fingerprint density at radius 3 is 2.67 bits per heavy atom. The van der Waals surface area contributed by atoms with Crippen LogP contribution >= 0.6 is 0 Å². The molecule has 18 heavy (non-hydrogen) atoms. The van der Waals surface area contributed by atoms with Crippen LogP contribution in [0.3, 0.4) is 0 Å². The van der Waals surface area contributed by atoms with Crippen LogP contribution in [-0.2, 0) is 0 Å². The molecule has 1 saturated carbocycles. The van der Waals surface area contributed by atoms with Crippen molar-refractivity contribution in [2.24, 2.45) is 0 Å². The van der Waals surface area contributed by atoms with E-state index in [9.17, 15) is 0 Å². The zero-order chi connectivity index (χ0) is 12.8. The first kappa shape index (κ1) is 14.3. The predicted octanol–water partition coefficient (Wildman–Crippen LogP) is 1.93. The molecule has 0 aromatic carbocycles. The highest BCUT2D eigenvalue weighted by Crippen LogP contribution is 2.17. The van der Waals surface area contributed by atoms with Crippen molar-refractivity contribution in [1.82, 2.24) is 15.1 Å². The summed E-state index contributed by atoms with van der Waals surface area (Å²) in [6.07, 6.45) is 8.33. The van der Waals surface area contributed by atoms with Crippen LogP contribution in [0.5, 0.6) is 0 Å². The average molecular weight is 253 g/mol. The van der Waals surface area contributed by atoms with Crippen LogP contribution < -0.4 is 5.32 Å². The Kier molecular flexibility index (Phi) is 5.93. The van der Waals surface area contributed by atoms with Crippen molar-refractivity contribution < 1.29 is 0 Å². The van der Waals surface area contributed by atoms with Crippen molar-refractivity contribution in [2.75, 3.05) is 39.8 Å². The van der Waals surface area contributed by atoms with E-state index in [1.54, 1.807) is 0 Å². The van der Waals surface area contributed by atoms with Gasteiger partial charge in [-0.1, -0.05) is 12.8 Å². The minimum Gasteiger partial charge on any atom is -0.314 e. The number of hydrogen-bond acceptors (Lipinski definition) is 3. The fourth-order valence-electron chi connectivity index (χ4n) is 3.47. The number of likely N-dealkylation sites (N-methyl/N-ethyl adjacent to an activating group) is 1. The molecule has 1 N–H and O–H groups in total. The molecule has 0 radical (unpaired) electrons. The molecule has 0 aromatic heterocycles. The molecule has 3 heteroatoms. The molecular formula is C15H31N3. The first-order chi connectivity index (χ1) is 8.75. The molecule has 3 nitrogen and oxygen atoms in total. The van der Waals surface area contributed by atoms with Crippen molar-refractivity contribution in [3.63, 3.8) is 0 Å². The lowest BCUT2D eigenvalue weighted by molar-refractivity contribution is 0.199. The smallest absolute Gasteiger partial charge is 0.0194 e. The summed E-state index contributed by atoms with van der Waals surface area (Å²) >= 11 is 0. The summed E-state index contributed by atoms with van der Waals surface area (Å²) in [5, 5.41) is 3.72. The Morgan fingerprint density at radius 1 is 1.11 bits per heavy atom. The standard InChI is InChI=1S/C15H31N3/c1-14-13-17(2)10-6-12-18(14)11-5-9-16-15-7-3-4-8-15/h14-16H,3-13H2,1-2H3. The monoisotopic (exact) mass is 253 g/mol. The van der Waals surface area contributed by atoms with Crippen LogP contribution in [0.1, 0.15) is 45.4 Å². The van der Waals surface area contributed by atoms with Crippen LogP contribution in [0.4, 0.5) is 0 Å². The quantitative estimate of drug-likeness (QED) is 0.755. The fourth-order valence-corrected chi connectivity index (χ4v) is 3.47. The second-order valence-electron chi connectivity index (χ2n) is 6.29. The van der Waals surface area contributed by atoms with Gasteiger partial charge in [0.2, 0.25) is 0 Å². The van der Waals surface area contributed by atoms with Crippen LogP contribution in [0.25, 0.3) is 0 Å². The second-order valence-corrected chi connectivity index (χ2v) is 6.29. The molecule has 1 saturated heterocycles. The molecule has 1 unspecified atom stereocenters. The molecule has 0 bridgehead atoms. The van der Waals surface area contributed by atoms with Gasteiger partial charge in [-0.15, -0.1) is 0 Å². The molecule has 2 fully saturated rings. The second kappa shape index (κ2) is 7.46. The van der Waals surface area contributed by atoms with E-state index in [-0.39, 0.29) is 0 Å². The van der Waals surface area contributed by atoms with E-state index in [0.29, 0.717) is 0 Å². The van der Waals surface area contributed by atoms with Gasteiger partial charge in [-0.2, -0.15) is 0 Å². The highest BCUT2D eigenvalue weighted by atomic mass is 15.2. The van der Waals surface area contributed by atoms with E-state index < -0.39 is 0 Å². The minimum atomic E-state index is 0.726. The molecule has 1 heterocycles. The van der Waals surface area contributed by atoms with Crippen molar-refractivity contribution in [1.29, 1.82) is 0 Å². The van der Waals surface area contributed by atoms with Gasteiger partial charge in [0.25, 0.3) is 0 Å². The van der Waals surface area contributed by atoms with Gasteiger partial charge in [-0.3, -0.25) is 4.90 Å². The highest BCUT2D eigenvalue weighted by molar-refractivity contribution is 4.77. The van der Waals surface area contributed by atoms with Gasteiger partial charge in [-0.05, 0) is 65.8 Å². The van der Waals surface area contributed by atoms with E-state index >= 15 is 0 Å². The number of rotatable bonds is 5. The largest absolute Gasteiger partial charge is 0.314 e. The normalized spacial score (nSPS) is 28.7. The molecule has 1 aliphatic carbocycles. The summed E-state index contributed by atoms with van der Waals surface area (Å²) in [4.78, 5) is 5.15. The lowest BCUT2D eigenvalue weighted by Gasteiger charge is -2.28. The maximum atomic E-state index is 3.72. The zero-order valence-electron chi connectivity index (χ0n) is 12.3. The SMILES string of the molecule is CC1CN(C)CCCN1CCCNC1CCCC1. The zero-order valence-corrected chi connectivity index (χ0v) is 12.3. The number of nitrogens with one attached hydrogen (secondary N) is 1. The van der Waals surface area contributed by atoms with Crippen LogP contribution in [0.15, 0.2) is 0 Å². The first-order valence-corrected chi connectivity index (χ1v) is 7.91. The maximum Gasteiger partial charge on any atom is 0.0194 e. The molecule has 1 aliphatic heterocycles. The van der Waals surface area contributed by atoms with Gasteiger partial charge in [0.15, 0.2) is 0 Å². The summed E-state index contributed by atoms with van der Waals surface area (Å²) in [6.45, 7) is 8.65. The van der Waals surface area contributed by atoms with E-state index in [4.69, 9.17) is 0 Å². The minimum absolute atomic E-state index is 0.726. The lowest BCUT2D eigenvalue weighted by Crippen LogP contribution is -2.39. The molecule has 0 spiro atoms. The van der Waals surface area contributed by atoms with Crippen LogP contribution in [0.2, 0.25) is 0 Å². The highest BCUT2D eigenvalue weighted by Gasteiger charge is 2.19. The summed E-state index contributed by atoms with van der Waals surface area (Å²) in [5.41, 5.74) is 0. The van der Waals surface area contributed by atoms with E-state index in [0.717, 1.165) is 12.1 Å². The Morgan fingerprint density at radius 2 is 1.89 bits per heavy atom. The van der Waals surface area contributed by atoms with Gasteiger partial charge in [0.1, 0.15) is 0 Å². The van der Waals surface area contributed by atoms with Gasteiger partial charge in [0, 0.05) is 18.6 Å². The first-order valence-electron chi connectivity index (χ1n) is 7.91. The molecule has 106 valence electrons. The summed E-state index contributed by atoms with van der Waals surface area (Å²) in [5.74, 6) is 0. The lowest BCUT2D eigenvalue weighted by atomic mass is 10.2. The van der Waals surface area contributed by atoms with E-state index in [1.807, 2.05) is 0 Å². The average Bonchev–Trinajstić information content (AvgIpc) is 2.79. The topological polar surface area (TPSA) is 18.5 Å². The van der Waals surface area contributed by atoms with Gasteiger partial charge >= 0.3 is 0 Å². The van der Waals surface area contributed by atoms with Crippen molar-refractivity contribution in [3.8, 4) is 0 Å². The van der Waals surface area contributed by atoms with Gasteiger partial charge < -0.3 is 10.2 Å². The third kappa shape index (κ3) is 4.52. The van der Waals surface area contributed by atoms with E-state index in [1.165, 1.54) is 71.2 Å². The molecule has 1 atom stereocenters. The summed E-state index contributed by atoms with van der Waals surface area (Å²) < 4.78 is 0. The molecular weight excluding hydrogens is 222 g/mol. The molecule has 0 aromatic rings. The number of nitrogens with zero attached hydrogens (tertiary/aromatic N) is 2. The maximum absolute atomic E-state index is 3.72. The number of hydrogen-bond donors (Lipinski definition) is 1.